The van der Waals surface area contributed by atoms with Crippen molar-refractivity contribution in [3.8, 4) is 0 Å². The molecule has 21 heavy (non-hydrogen) atoms. The summed E-state index contributed by atoms with van der Waals surface area (Å²) < 4.78 is 13.6. The predicted octanol–water partition coefficient (Wildman–Crippen LogP) is 2.21. The van der Waals surface area contributed by atoms with Crippen LogP contribution in [-0.2, 0) is 4.79 Å². The Morgan fingerprint density at radius 3 is 2.90 bits per heavy atom. The van der Waals surface area contributed by atoms with Crippen LogP contribution in [-0.4, -0.2) is 31.6 Å². The van der Waals surface area contributed by atoms with Crippen LogP contribution in [0.1, 0.15) is 38.8 Å². The van der Waals surface area contributed by atoms with Gasteiger partial charge >= 0.3 is 0 Å². The second-order valence-corrected chi connectivity index (χ2v) is 5.39. The Kier molecular flexibility index (Phi) is 5.17. The van der Waals surface area contributed by atoms with Crippen molar-refractivity contribution >= 4 is 11.6 Å². The Labute approximate surface area is 125 Å². The van der Waals surface area contributed by atoms with E-state index in [1.807, 2.05) is 20.8 Å². The molecule has 4 nitrogen and oxygen atoms in total. The number of carbonyl (C=O) groups excluding carboxylic acids is 1. The lowest BCUT2D eigenvalue weighted by Crippen LogP contribution is -2.55. The molecule has 2 N–H and O–H groups in total. The van der Waals surface area contributed by atoms with Crippen molar-refractivity contribution in [2.24, 2.45) is 0 Å². The van der Waals surface area contributed by atoms with E-state index in [4.69, 9.17) is 0 Å². The maximum atomic E-state index is 13.6. The van der Waals surface area contributed by atoms with E-state index in [2.05, 4.69) is 15.5 Å². The van der Waals surface area contributed by atoms with Crippen molar-refractivity contribution in [1.29, 1.82) is 0 Å². The molecule has 1 heterocycles. The molecule has 1 aliphatic rings. The van der Waals surface area contributed by atoms with Crippen molar-refractivity contribution in [3.05, 3.63) is 29.6 Å². The second kappa shape index (κ2) is 6.89. The minimum Gasteiger partial charge on any atom is -0.357 e. The van der Waals surface area contributed by atoms with Gasteiger partial charge in [-0.15, -0.1) is 0 Å². The quantitative estimate of drug-likeness (QED) is 0.875. The summed E-state index contributed by atoms with van der Waals surface area (Å²) in [7, 11) is 0. The number of hydrogen-bond acceptors (Lipinski definition) is 3. The maximum absolute atomic E-state index is 13.6. The Bertz CT molecular complexity index is 506. The molecule has 1 amide bonds. The van der Waals surface area contributed by atoms with Crippen LogP contribution in [0.2, 0.25) is 0 Å². The van der Waals surface area contributed by atoms with Crippen LogP contribution < -0.4 is 15.5 Å². The number of piperazine rings is 1. The molecular weight excluding hydrogens is 269 g/mol. The van der Waals surface area contributed by atoms with Crippen LogP contribution in [0.3, 0.4) is 0 Å². The largest absolute Gasteiger partial charge is 0.357 e. The SMILES string of the molecule is CCNC(C)c1cc(F)ccc1N1CCNC(=O)C1CC. The van der Waals surface area contributed by atoms with Gasteiger partial charge in [0.05, 0.1) is 0 Å². The van der Waals surface area contributed by atoms with Gasteiger partial charge in [0.15, 0.2) is 0 Å². The minimum atomic E-state index is -0.243. The van der Waals surface area contributed by atoms with E-state index in [0.717, 1.165) is 30.8 Å². The van der Waals surface area contributed by atoms with E-state index < -0.39 is 0 Å². The first kappa shape index (κ1) is 15.8. The lowest BCUT2D eigenvalue weighted by molar-refractivity contribution is -0.123. The van der Waals surface area contributed by atoms with Gasteiger partial charge in [-0.05, 0) is 43.7 Å². The first-order valence-electron chi connectivity index (χ1n) is 7.65. The molecule has 1 aromatic rings. The summed E-state index contributed by atoms with van der Waals surface area (Å²) in [5.74, 6) is -0.192. The van der Waals surface area contributed by atoms with Gasteiger partial charge in [-0.3, -0.25) is 4.79 Å². The first-order valence-corrected chi connectivity index (χ1v) is 7.65. The molecule has 1 aliphatic heterocycles. The van der Waals surface area contributed by atoms with Crippen LogP contribution in [0.4, 0.5) is 10.1 Å². The third kappa shape index (κ3) is 3.35. The lowest BCUT2D eigenvalue weighted by Gasteiger charge is -2.38. The molecule has 0 saturated carbocycles. The maximum Gasteiger partial charge on any atom is 0.242 e. The highest BCUT2D eigenvalue weighted by Gasteiger charge is 2.30. The molecule has 1 saturated heterocycles. The zero-order chi connectivity index (χ0) is 15.4. The fourth-order valence-electron chi connectivity index (χ4n) is 2.96. The normalized spacial score (nSPS) is 20.3. The van der Waals surface area contributed by atoms with Crippen LogP contribution >= 0.6 is 0 Å². The summed E-state index contributed by atoms with van der Waals surface area (Å²) >= 11 is 0. The molecule has 0 radical (unpaired) electrons. The van der Waals surface area contributed by atoms with Crippen molar-refractivity contribution < 1.29 is 9.18 Å². The molecule has 0 aliphatic carbocycles. The average molecular weight is 293 g/mol. The third-order valence-electron chi connectivity index (χ3n) is 3.99. The number of nitrogens with one attached hydrogen (secondary N) is 2. The number of halogens is 1. The fraction of sp³-hybridized carbons (Fsp3) is 0.562. The topological polar surface area (TPSA) is 44.4 Å². The van der Waals surface area contributed by atoms with Crippen molar-refractivity contribution in [1.82, 2.24) is 10.6 Å². The molecule has 1 aromatic carbocycles. The predicted molar refractivity (Wildman–Crippen MR) is 82.9 cm³/mol. The number of carbonyl (C=O) groups is 1. The van der Waals surface area contributed by atoms with E-state index >= 15 is 0 Å². The highest BCUT2D eigenvalue weighted by atomic mass is 19.1. The van der Waals surface area contributed by atoms with E-state index in [1.165, 1.54) is 6.07 Å². The number of benzene rings is 1. The molecular formula is C16H24FN3O. The third-order valence-corrected chi connectivity index (χ3v) is 3.99. The Hall–Kier alpha value is -1.62. The molecule has 116 valence electrons. The fourth-order valence-corrected chi connectivity index (χ4v) is 2.96. The van der Waals surface area contributed by atoms with Gasteiger partial charge in [-0.1, -0.05) is 13.8 Å². The molecule has 1 fully saturated rings. The van der Waals surface area contributed by atoms with Crippen molar-refractivity contribution in [2.75, 3.05) is 24.5 Å². The summed E-state index contributed by atoms with van der Waals surface area (Å²) in [6.07, 6.45) is 0.734. The van der Waals surface area contributed by atoms with Gasteiger partial charge in [-0.2, -0.15) is 0 Å². The van der Waals surface area contributed by atoms with Gasteiger partial charge in [0, 0.05) is 24.8 Å². The zero-order valence-corrected chi connectivity index (χ0v) is 12.9. The smallest absolute Gasteiger partial charge is 0.242 e. The van der Waals surface area contributed by atoms with Gasteiger partial charge in [0.1, 0.15) is 11.9 Å². The molecule has 2 atom stereocenters. The summed E-state index contributed by atoms with van der Waals surface area (Å²) in [6, 6.07) is 4.69. The first-order chi connectivity index (χ1) is 10.1. The minimum absolute atomic E-state index is 0.0446. The number of anilines is 1. The summed E-state index contributed by atoms with van der Waals surface area (Å²) in [5, 5.41) is 6.22. The number of nitrogens with zero attached hydrogens (tertiary/aromatic N) is 1. The van der Waals surface area contributed by atoms with E-state index in [-0.39, 0.29) is 23.8 Å². The van der Waals surface area contributed by atoms with Gasteiger partial charge in [0.2, 0.25) is 5.91 Å². The van der Waals surface area contributed by atoms with Crippen molar-refractivity contribution in [2.45, 2.75) is 39.3 Å². The summed E-state index contributed by atoms with van der Waals surface area (Å²) in [5.41, 5.74) is 1.86. The highest BCUT2D eigenvalue weighted by molar-refractivity contribution is 5.86. The lowest BCUT2D eigenvalue weighted by atomic mass is 10.0. The molecule has 0 bridgehead atoms. The standard InChI is InChI=1S/C16H24FN3O/c1-4-14-16(21)19-8-9-20(14)15-7-6-12(17)10-13(15)11(3)18-5-2/h6-7,10-11,14,18H,4-5,8-9H2,1-3H3,(H,19,21). The molecule has 2 unspecified atom stereocenters. The summed E-state index contributed by atoms with van der Waals surface area (Å²) in [6.45, 7) is 8.24. The van der Waals surface area contributed by atoms with Crippen molar-refractivity contribution in [3.63, 3.8) is 0 Å². The van der Waals surface area contributed by atoms with E-state index in [0.29, 0.717) is 6.54 Å². The molecule has 0 aromatic heterocycles. The second-order valence-electron chi connectivity index (χ2n) is 5.39. The van der Waals surface area contributed by atoms with Gasteiger partial charge in [0.25, 0.3) is 0 Å². The summed E-state index contributed by atoms with van der Waals surface area (Å²) in [4.78, 5) is 14.1. The molecule has 5 heteroatoms. The number of hydrogen-bond donors (Lipinski definition) is 2. The molecule has 0 spiro atoms. The van der Waals surface area contributed by atoms with Gasteiger partial charge < -0.3 is 15.5 Å². The Morgan fingerprint density at radius 2 is 2.24 bits per heavy atom. The Balaban J connectivity index is 2.39. The molecule has 2 rings (SSSR count). The van der Waals surface area contributed by atoms with E-state index in [9.17, 15) is 9.18 Å². The van der Waals surface area contributed by atoms with Crippen LogP contribution in [0.5, 0.6) is 0 Å². The van der Waals surface area contributed by atoms with E-state index in [1.54, 1.807) is 12.1 Å². The van der Waals surface area contributed by atoms with Crippen LogP contribution in [0, 0.1) is 5.82 Å². The number of amides is 1. The van der Waals surface area contributed by atoms with Crippen LogP contribution in [0.25, 0.3) is 0 Å². The average Bonchev–Trinajstić information content (AvgIpc) is 2.47. The highest BCUT2D eigenvalue weighted by Crippen LogP contribution is 2.30. The monoisotopic (exact) mass is 293 g/mol. The Morgan fingerprint density at radius 1 is 1.48 bits per heavy atom. The van der Waals surface area contributed by atoms with Crippen LogP contribution in [0.15, 0.2) is 18.2 Å². The zero-order valence-electron chi connectivity index (χ0n) is 12.9. The number of rotatable bonds is 5. The van der Waals surface area contributed by atoms with Gasteiger partial charge in [-0.25, -0.2) is 4.39 Å².